The van der Waals surface area contributed by atoms with Gasteiger partial charge in [0.2, 0.25) is 0 Å². The molecular formula is C20H21N5O. The normalized spacial score (nSPS) is 16.6. The largest absolute Gasteiger partial charge is 0.323 e. The molecule has 4 rings (SSSR count). The zero-order valence-electron chi connectivity index (χ0n) is 14.5. The fourth-order valence-electron chi connectivity index (χ4n) is 2.87. The van der Waals surface area contributed by atoms with Gasteiger partial charge in [-0.2, -0.15) is 5.10 Å². The van der Waals surface area contributed by atoms with Gasteiger partial charge in [-0.1, -0.05) is 6.58 Å². The van der Waals surface area contributed by atoms with Gasteiger partial charge in [0.25, 0.3) is 5.91 Å². The van der Waals surface area contributed by atoms with Crippen LogP contribution in [0.15, 0.2) is 55.0 Å². The van der Waals surface area contributed by atoms with Crippen LogP contribution in [0.25, 0.3) is 0 Å². The minimum Gasteiger partial charge on any atom is -0.323 e. The summed E-state index contributed by atoms with van der Waals surface area (Å²) >= 11 is 0. The van der Waals surface area contributed by atoms with E-state index in [9.17, 15) is 4.79 Å². The lowest BCUT2D eigenvalue weighted by molar-refractivity contribution is 0.0967. The van der Waals surface area contributed by atoms with Crippen LogP contribution < -0.4 is 5.32 Å². The Kier molecular flexibility index (Phi) is 4.24. The number of nitrogens with zero attached hydrogens (tertiary/aromatic N) is 3. The third kappa shape index (κ3) is 3.64. The van der Waals surface area contributed by atoms with Crippen molar-refractivity contribution in [3.05, 3.63) is 72.0 Å². The SMILES string of the molecule is C=C(/C=C\C(=N)n1nc(C2CC2)cc1C1CC1)NC(=O)c1ccncc1. The number of amides is 1. The van der Waals surface area contributed by atoms with Crippen LogP contribution in [-0.2, 0) is 0 Å². The summed E-state index contributed by atoms with van der Waals surface area (Å²) in [6, 6.07) is 5.44. The van der Waals surface area contributed by atoms with Crippen LogP contribution >= 0.6 is 0 Å². The van der Waals surface area contributed by atoms with Gasteiger partial charge in [-0.15, -0.1) is 0 Å². The highest BCUT2D eigenvalue weighted by Gasteiger charge is 2.33. The van der Waals surface area contributed by atoms with Crippen LogP contribution in [0, 0.1) is 5.41 Å². The molecule has 6 heteroatoms. The number of hydrogen-bond donors (Lipinski definition) is 2. The van der Waals surface area contributed by atoms with E-state index in [2.05, 4.69) is 28.0 Å². The lowest BCUT2D eigenvalue weighted by Gasteiger charge is -2.06. The zero-order valence-corrected chi connectivity index (χ0v) is 14.5. The Bertz CT molecular complexity index is 888. The maximum absolute atomic E-state index is 12.1. The summed E-state index contributed by atoms with van der Waals surface area (Å²) in [7, 11) is 0. The number of rotatable bonds is 6. The summed E-state index contributed by atoms with van der Waals surface area (Å²) in [6.07, 6.45) is 11.1. The molecule has 2 aromatic rings. The molecule has 6 nitrogen and oxygen atoms in total. The number of carbonyl (C=O) groups is 1. The molecule has 2 heterocycles. The van der Waals surface area contributed by atoms with Gasteiger partial charge in [-0.05, 0) is 56.0 Å². The van der Waals surface area contributed by atoms with Crippen molar-refractivity contribution in [2.45, 2.75) is 37.5 Å². The summed E-state index contributed by atoms with van der Waals surface area (Å²) in [5.41, 5.74) is 3.18. The molecule has 132 valence electrons. The van der Waals surface area contributed by atoms with E-state index in [0.29, 0.717) is 23.1 Å². The van der Waals surface area contributed by atoms with Crippen molar-refractivity contribution in [1.82, 2.24) is 20.1 Å². The molecule has 2 aromatic heterocycles. The van der Waals surface area contributed by atoms with Crippen molar-refractivity contribution in [2.75, 3.05) is 0 Å². The van der Waals surface area contributed by atoms with E-state index in [4.69, 9.17) is 5.41 Å². The molecule has 2 fully saturated rings. The van der Waals surface area contributed by atoms with Crippen LogP contribution in [0.1, 0.15) is 59.3 Å². The van der Waals surface area contributed by atoms with E-state index in [1.165, 1.54) is 25.7 Å². The lowest BCUT2D eigenvalue weighted by Crippen LogP contribution is -2.21. The molecule has 2 saturated carbocycles. The van der Waals surface area contributed by atoms with Crippen LogP contribution in [0.4, 0.5) is 0 Å². The van der Waals surface area contributed by atoms with Crippen LogP contribution in [0.3, 0.4) is 0 Å². The molecule has 2 N–H and O–H groups in total. The van der Waals surface area contributed by atoms with Crippen LogP contribution in [0.5, 0.6) is 0 Å². The predicted molar refractivity (Wildman–Crippen MR) is 99.3 cm³/mol. The third-order valence-electron chi connectivity index (χ3n) is 4.63. The van der Waals surface area contributed by atoms with Gasteiger partial charge in [0.05, 0.1) is 5.69 Å². The van der Waals surface area contributed by atoms with E-state index in [1.54, 1.807) is 41.4 Å². The molecule has 26 heavy (non-hydrogen) atoms. The Balaban J connectivity index is 1.42. The molecule has 0 atom stereocenters. The van der Waals surface area contributed by atoms with Crippen LogP contribution in [0.2, 0.25) is 0 Å². The summed E-state index contributed by atoms with van der Waals surface area (Å²) in [4.78, 5) is 16.0. The summed E-state index contributed by atoms with van der Waals surface area (Å²) in [5, 5.41) is 15.7. The van der Waals surface area contributed by atoms with Gasteiger partial charge in [0.1, 0.15) is 5.84 Å². The molecule has 0 saturated heterocycles. The number of hydrogen-bond acceptors (Lipinski definition) is 4. The zero-order chi connectivity index (χ0) is 18.1. The first-order chi connectivity index (χ1) is 12.6. The second kappa shape index (κ2) is 6.71. The molecule has 0 radical (unpaired) electrons. The Morgan fingerprint density at radius 2 is 1.88 bits per heavy atom. The third-order valence-corrected chi connectivity index (χ3v) is 4.63. The van der Waals surface area contributed by atoms with Crippen molar-refractivity contribution in [2.24, 2.45) is 0 Å². The van der Waals surface area contributed by atoms with Crippen molar-refractivity contribution in [3.63, 3.8) is 0 Å². The average Bonchev–Trinajstić information content (AvgIpc) is 3.58. The summed E-state index contributed by atoms with van der Waals surface area (Å²) in [5.74, 6) is 1.14. The highest BCUT2D eigenvalue weighted by atomic mass is 16.1. The highest BCUT2D eigenvalue weighted by Crippen LogP contribution is 2.44. The topological polar surface area (TPSA) is 83.7 Å². The monoisotopic (exact) mass is 347 g/mol. The highest BCUT2D eigenvalue weighted by molar-refractivity contribution is 5.96. The molecule has 1 amide bonds. The van der Waals surface area contributed by atoms with Crippen molar-refractivity contribution < 1.29 is 4.79 Å². The fraction of sp³-hybridized carbons (Fsp3) is 0.300. The Morgan fingerprint density at radius 3 is 2.54 bits per heavy atom. The van der Waals surface area contributed by atoms with Crippen LogP contribution in [-0.4, -0.2) is 26.5 Å². The molecule has 0 aliphatic heterocycles. The number of nitrogens with one attached hydrogen (secondary N) is 2. The molecule has 0 aromatic carbocycles. The predicted octanol–water partition coefficient (Wildman–Crippen LogP) is 3.36. The second-order valence-electron chi connectivity index (χ2n) is 6.89. The Hall–Kier alpha value is -3.02. The average molecular weight is 347 g/mol. The van der Waals surface area contributed by atoms with E-state index < -0.39 is 0 Å². The summed E-state index contributed by atoms with van der Waals surface area (Å²) in [6.45, 7) is 3.84. The smallest absolute Gasteiger partial charge is 0.255 e. The first kappa shape index (κ1) is 16.4. The molecule has 0 bridgehead atoms. The number of aromatic nitrogens is 3. The molecule has 2 aliphatic carbocycles. The van der Waals surface area contributed by atoms with Crippen molar-refractivity contribution in [3.8, 4) is 0 Å². The standard InChI is InChI=1S/C20H21N5O/c1-13(23-20(26)16-8-10-22-11-9-16)2-7-19(21)25-18(15-5-6-15)12-17(24-25)14-3-4-14/h2,7-12,14-15,21H,1,3-6H2,(H,23,26)/b7-2-,21-19?. The quantitative estimate of drug-likeness (QED) is 0.477. The van der Waals surface area contributed by atoms with E-state index >= 15 is 0 Å². The molecule has 0 unspecified atom stereocenters. The first-order valence-electron chi connectivity index (χ1n) is 8.89. The molecular weight excluding hydrogens is 326 g/mol. The van der Waals surface area contributed by atoms with Crippen molar-refractivity contribution >= 4 is 11.7 Å². The van der Waals surface area contributed by atoms with E-state index in [-0.39, 0.29) is 11.7 Å². The van der Waals surface area contributed by atoms with E-state index in [0.717, 1.165) is 11.4 Å². The minimum absolute atomic E-state index is 0.248. The lowest BCUT2D eigenvalue weighted by atomic mass is 10.2. The van der Waals surface area contributed by atoms with Gasteiger partial charge in [0.15, 0.2) is 0 Å². The van der Waals surface area contributed by atoms with Gasteiger partial charge < -0.3 is 5.32 Å². The van der Waals surface area contributed by atoms with Crippen molar-refractivity contribution in [1.29, 1.82) is 5.41 Å². The Morgan fingerprint density at radius 1 is 1.19 bits per heavy atom. The number of allylic oxidation sites excluding steroid dienone is 2. The second-order valence-corrected chi connectivity index (χ2v) is 6.89. The maximum atomic E-state index is 12.1. The number of carbonyl (C=O) groups excluding carboxylic acids is 1. The Labute approximate surface area is 152 Å². The molecule has 0 spiro atoms. The number of pyridine rings is 1. The van der Waals surface area contributed by atoms with Gasteiger partial charge >= 0.3 is 0 Å². The van der Waals surface area contributed by atoms with Gasteiger partial charge in [0, 0.05) is 41.2 Å². The summed E-state index contributed by atoms with van der Waals surface area (Å²) < 4.78 is 1.74. The van der Waals surface area contributed by atoms with E-state index in [1.807, 2.05) is 0 Å². The molecule has 2 aliphatic rings. The van der Waals surface area contributed by atoms with Gasteiger partial charge in [-0.25, -0.2) is 4.68 Å². The first-order valence-corrected chi connectivity index (χ1v) is 8.89. The minimum atomic E-state index is -0.248. The maximum Gasteiger partial charge on any atom is 0.255 e. The van der Waals surface area contributed by atoms with Gasteiger partial charge in [-0.3, -0.25) is 15.2 Å². The fourth-order valence-corrected chi connectivity index (χ4v) is 2.87.